The standard InChI is InChI=1S/C50H31NS2/c1-2-11-32(12-3-1)33-21-24-37(25-22-33)51(46-19-10-18-43-41-17-8-9-20-47(41)53-50(43)46)45-28-27-38(39-15-6-7-16-40(39)45)36-23-26-42-44-29-34-13-4-5-14-35(34)30-49(44)52-48(42)31-36/h1-31H. The maximum Gasteiger partial charge on any atom is 0.0640 e. The molecule has 0 saturated heterocycles. The normalized spacial score (nSPS) is 11.8. The minimum absolute atomic E-state index is 1.13. The van der Waals surface area contributed by atoms with Gasteiger partial charge in [0.15, 0.2) is 0 Å². The van der Waals surface area contributed by atoms with Gasteiger partial charge in [0.25, 0.3) is 0 Å². The number of benzene rings is 9. The summed E-state index contributed by atoms with van der Waals surface area (Å²) >= 11 is 3.76. The summed E-state index contributed by atoms with van der Waals surface area (Å²) in [5, 5.41) is 10.3. The third-order valence-corrected chi connectivity index (χ3v) is 13.0. The largest absolute Gasteiger partial charge is 0.308 e. The van der Waals surface area contributed by atoms with Crippen LogP contribution in [0.3, 0.4) is 0 Å². The van der Waals surface area contributed by atoms with E-state index in [2.05, 4.69) is 193 Å². The fourth-order valence-corrected chi connectivity index (χ4v) is 10.5. The van der Waals surface area contributed by atoms with Gasteiger partial charge in [-0.2, -0.15) is 0 Å². The van der Waals surface area contributed by atoms with Crippen LogP contribution in [0.25, 0.3) is 84.1 Å². The number of thiophene rings is 2. The lowest BCUT2D eigenvalue weighted by Gasteiger charge is -2.28. The van der Waals surface area contributed by atoms with Crippen molar-refractivity contribution in [3.8, 4) is 22.3 Å². The molecule has 0 bridgehead atoms. The molecule has 0 amide bonds. The van der Waals surface area contributed by atoms with Gasteiger partial charge in [-0.05, 0) is 86.9 Å². The Balaban J connectivity index is 1.11. The van der Waals surface area contributed by atoms with E-state index in [1.165, 1.54) is 89.8 Å². The fourth-order valence-electron chi connectivity index (χ4n) is 8.11. The monoisotopic (exact) mass is 709 g/mol. The Bertz CT molecular complexity index is 3170. The Morgan fingerprint density at radius 3 is 1.81 bits per heavy atom. The lowest BCUT2D eigenvalue weighted by atomic mass is 9.95. The molecule has 2 heterocycles. The number of fused-ring (bicyclic) bond motifs is 8. The number of rotatable bonds is 5. The molecular formula is C50H31NS2. The minimum atomic E-state index is 1.13. The molecule has 53 heavy (non-hydrogen) atoms. The Morgan fingerprint density at radius 2 is 0.962 bits per heavy atom. The molecule has 0 fully saturated rings. The van der Waals surface area contributed by atoms with Gasteiger partial charge in [-0.15, -0.1) is 22.7 Å². The molecule has 0 N–H and O–H groups in total. The predicted octanol–water partition coefficient (Wildman–Crippen LogP) is 15.5. The molecule has 1 nitrogen and oxygen atoms in total. The molecule has 0 spiro atoms. The average Bonchev–Trinajstić information content (AvgIpc) is 3.78. The van der Waals surface area contributed by atoms with Crippen LogP contribution in [0.1, 0.15) is 0 Å². The zero-order valence-electron chi connectivity index (χ0n) is 28.7. The molecule has 0 aliphatic rings. The molecule has 0 aliphatic carbocycles. The van der Waals surface area contributed by atoms with Gasteiger partial charge in [-0.3, -0.25) is 0 Å². The summed E-state index contributed by atoms with van der Waals surface area (Å²) in [6, 6.07) is 69.2. The first-order valence-corrected chi connectivity index (χ1v) is 19.6. The van der Waals surface area contributed by atoms with Crippen molar-refractivity contribution in [2.45, 2.75) is 0 Å². The number of hydrogen-bond donors (Lipinski definition) is 0. The topological polar surface area (TPSA) is 3.24 Å². The van der Waals surface area contributed by atoms with Gasteiger partial charge in [0.1, 0.15) is 0 Å². The van der Waals surface area contributed by atoms with Crippen molar-refractivity contribution in [1.82, 2.24) is 0 Å². The second-order valence-electron chi connectivity index (χ2n) is 13.7. The van der Waals surface area contributed by atoms with Gasteiger partial charge in [-0.25, -0.2) is 0 Å². The zero-order chi connectivity index (χ0) is 34.9. The molecule has 0 saturated carbocycles. The summed E-state index contributed by atoms with van der Waals surface area (Å²) in [5.41, 5.74) is 8.39. The van der Waals surface area contributed by atoms with Crippen LogP contribution in [0.4, 0.5) is 17.1 Å². The van der Waals surface area contributed by atoms with Gasteiger partial charge < -0.3 is 4.90 Å². The number of nitrogens with zero attached hydrogens (tertiary/aromatic N) is 1. The summed E-state index contributed by atoms with van der Waals surface area (Å²) in [7, 11) is 0. The molecule has 0 unspecified atom stereocenters. The van der Waals surface area contributed by atoms with Crippen molar-refractivity contribution in [1.29, 1.82) is 0 Å². The third-order valence-electron chi connectivity index (χ3n) is 10.6. The maximum atomic E-state index is 2.47. The predicted molar refractivity (Wildman–Crippen MR) is 233 cm³/mol. The highest BCUT2D eigenvalue weighted by Gasteiger charge is 2.21. The highest BCUT2D eigenvalue weighted by atomic mass is 32.1. The average molecular weight is 710 g/mol. The van der Waals surface area contributed by atoms with Crippen LogP contribution in [-0.4, -0.2) is 0 Å². The summed E-state index contributed by atoms with van der Waals surface area (Å²) in [6.45, 7) is 0. The second kappa shape index (κ2) is 12.2. The summed E-state index contributed by atoms with van der Waals surface area (Å²) in [6.07, 6.45) is 0. The zero-order valence-corrected chi connectivity index (χ0v) is 30.3. The van der Waals surface area contributed by atoms with E-state index in [0.29, 0.717) is 0 Å². The van der Waals surface area contributed by atoms with Crippen molar-refractivity contribution >= 4 is 102 Å². The molecule has 11 rings (SSSR count). The molecule has 0 radical (unpaired) electrons. The highest BCUT2D eigenvalue weighted by Crippen LogP contribution is 2.48. The summed E-state index contributed by atoms with van der Waals surface area (Å²) in [4.78, 5) is 2.47. The molecule has 0 aliphatic heterocycles. The van der Waals surface area contributed by atoms with Crippen LogP contribution in [0.2, 0.25) is 0 Å². The maximum absolute atomic E-state index is 2.47. The lowest BCUT2D eigenvalue weighted by molar-refractivity contribution is 1.32. The van der Waals surface area contributed by atoms with E-state index < -0.39 is 0 Å². The number of anilines is 3. The molecule has 9 aromatic carbocycles. The Morgan fingerprint density at radius 1 is 0.321 bits per heavy atom. The first-order valence-electron chi connectivity index (χ1n) is 18.0. The molecule has 248 valence electrons. The van der Waals surface area contributed by atoms with E-state index in [-0.39, 0.29) is 0 Å². The van der Waals surface area contributed by atoms with Crippen LogP contribution in [0.15, 0.2) is 188 Å². The van der Waals surface area contributed by atoms with Crippen LogP contribution >= 0.6 is 22.7 Å². The van der Waals surface area contributed by atoms with Crippen molar-refractivity contribution in [2.24, 2.45) is 0 Å². The Labute approximate surface area is 315 Å². The smallest absolute Gasteiger partial charge is 0.0640 e. The molecule has 3 heteroatoms. The van der Waals surface area contributed by atoms with Crippen LogP contribution in [0, 0.1) is 0 Å². The van der Waals surface area contributed by atoms with Gasteiger partial charge in [0.2, 0.25) is 0 Å². The van der Waals surface area contributed by atoms with Crippen molar-refractivity contribution in [3.63, 3.8) is 0 Å². The van der Waals surface area contributed by atoms with E-state index in [1.54, 1.807) is 0 Å². The molecule has 0 atom stereocenters. The summed E-state index contributed by atoms with van der Waals surface area (Å²) < 4.78 is 5.24. The third kappa shape index (κ3) is 4.97. The quantitative estimate of drug-likeness (QED) is 0.172. The van der Waals surface area contributed by atoms with Crippen LogP contribution in [-0.2, 0) is 0 Å². The van der Waals surface area contributed by atoms with E-state index in [1.807, 2.05) is 22.7 Å². The van der Waals surface area contributed by atoms with Gasteiger partial charge in [0.05, 0.1) is 16.1 Å². The van der Waals surface area contributed by atoms with Gasteiger partial charge in [0, 0.05) is 46.7 Å². The molecular weight excluding hydrogens is 679 g/mol. The van der Waals surface area contributed by atoms with Crippen molar-refractivity contribution < 1.29 is 0 Å². The molecule has 2 aromatic heterocycles. The lowest BCUT2D eigenvalue weighted by Crippen LogP contribution is -2.10. The van der Waals surface area contributed by atoms with E-state index >= 15 is 0 Å². The van der Waals surface area contributed by atoms with E-state index in [4.69, 9.17) is 0 Å². The Kier molecular flexibility index (Phi) is 6.97. The highest BCUT2D eigenvalue weighted by molar-refractivity contribution is 7.26. The van der Waals surface area contributed by atoms with Crippen molar-refractivity contribution in [3.05, 3.63) is 188 Å². The second-order valence-corrected chi connectivity index (χ2v) is 15.8. The van der Waals surface area contributed by atoms with Gasteiger partial charge in [-0.1, -0.05) is 140 Å². The van der Waals surface area contributed by atoms with E-state index in [0.717, 1.165) is 11.4 Å². The Hall–Kier alpha value is -6.26. The first-order chi connectivity index (χ1) is 26.3. The summed E-state index contributed by atoms with van der Waals surface area (Å²) in [5.74, 6) is 0. The fraction of sp³-hybridized carbons (Fsp3) is 0. The van der Waals surface area contributed by atoms with Crippen LogP contribution < -0.4 is 4.90 Å². The first kappa shape index (κ1) is 30.4. The molecule has 11 aromatic rings. The SMILES string of the molecule is c1ccc(-c2ccc(N(c3ccc(-c4ccc5c(c4)sc4cc6ccccc6cc45)c4ccccc34)c3cccc4c3sc3ccccc34)cc2)cc1. The number of hydrogen-bond acceptors (Lipinski definition) is 3. The minimum Gasteiger partial charge on any atom is -0.308 e. The van der Waals surface area contributed by atoms with Crippen LogP contribution in [0.5, 0.6) is 0 Å². The van der Waals surface area contributed by atoms with Gasteiger partial charge >= 0.3 is 0 Å². The van der Waals surface area contributed by atoms with E-state index in [9.17, 15) is 0 Å². The van der Waals surface area contributed by atoms with Crippen molar-refractivity contribution in [2.75, 3.05) is 4.90 Å².